The van der Waals surface area contributed by atoms with Gasteiger partial charge in [-0.3, -0.25) is 4.98 Å². The molecule has 0 aliphatic rings. The second kappa shape index (κ2) is 4.45. The van der Waals surface area contributed by atoms with Crippen LogP contribution < -0.4 is 5.73 Å². The minimum Gasteiger partial charge on any atom is -0.383 e. The standard InChI is InChI=1S/C15H13N3/c16-15-13(5-2-7-18-15)9-12-4-1-3-11-6-8-17-10-14(11)12/h1-8,10H,9H2,(H2,16,18). The molecule has 2 aromatic heterocycles. The van der Waals surface area contributed by atoms with Crippen molar-refractivity contribution in [3.8, 4) is 0 Å². The summed E-state index contributed by atoms with van der Waals surface area (Å²) < 4.78 is 0. The third-order valence-corrected chi connectivity index (χ3v) is 3.08. The summed E-state index contributed by atoms with van der Waals surface area (Å²) in [6.45, 7) is 0. The number of hydrogen-bond acceptors (Lipinski definition) is 3. The molecule has 3 rings (SSSR count). The number of nitrogens with zero attached hydrogens (tertiary/aromatic N) is 2. The fraction of sp³-hybridized carbons (Fsp3) is 0.0667. The molecule has 18 heavy (non-hydrogen) atoms. The first kappa shape index (κ1) is 10.7. The summed E-state index contributed by atoms with van der Waals surface area (Å²) in [6.07, 6.45) is 6.20. The lowest BCUT2D eigenvalue weighted by Gasteiger charge is -2.07. The highest BCUT2D eigenvalue weighted by atomic mass is 14.8. The summed E-state index contributed by atoms with van der Waals surface area (Å²) in [5.74, 6) is 0.596. The van der Waals surface area contributed by atoms with Crippen LogP contribution in [0.2, 0.25) is 0 Å². The average molecular weight is 235 g/mol. The SMILES string of the molecule is Nc1ncccc1Cc1cccc2ccncc12. The van der Waals surface area contributed by atoms with Gasteiger partial charge in [0.2, 0.25) is 0 Å². The van der Waals surface area contributed by atoms with Gasteiger partial charge in [0.25, 0.3) is 0 Å². The third kappa shape index (κ3) is 1.91. The van der Waals surface area contributed by atoms with Gasteiger partial charge in [-0.1, -0.05) is 24.3 Å². The summed E-state index contributed by atoms with van der Waals surface area (Å²) in [4.78, 5) is 8.31. The molecule has 0 atom stereocenters. The first-order valence-corrected chi connectivity index (χ1v) is 5.85. The van der Waals surface area contributed by atoms with Gasteiger partial charge in [0.05, 0.1) is 0 Å². The molecule has 0 saturated carbocycles. The monoisotopic (exact) mass is 235 g/mol. The van der Waals surface area contributed by atoms with Crippen molar-refractivity contribution >= 4 is 16.6 Å². The van der Waals surface area contributed by atoms with E-state index in [9.17, 15) is 0 Å². The Morgan fingerprint density at radius 1 is 0.944 bits per heavy atom. The largest absolute Gasteiger partial charge is 0.383 e. The van der Waals surface area contributed by atoms with Gasteiger partial charge >= 0.3 is 0 Å². The zero-order valence-electron chi connectivity index (χ0n) is 9.88. The van der Waals surface area contributed by atoms with Crippen molar-refractivity contribution in [1.29, 1.82) is 0 Å². The average Bonchev–Trinajstić information content (AvgIpc) is 2.42. The van der Waals surface area contributed by atoms with Crippen molar-refractivity contribution in [3.63, 3.8) is 0 Å². The molecule has 0 unspecified atom stereocenters. The maximum Gasteiger partial charge on any atom is 0.126 e. The van der Waals surface area contributed by atoms with Crippen molar-refractivity contribution in [2.45, 2.75) is 6.42 Å². The topological polar surface area (TPSA) is 51.8 Å². The summed E-state index contributed by atoms with van der Waals surface area (Å²) >= 11 is 0. The number of aromatic nitrogens is 2. The molecule has 1 aromatic carbocycles. The van der Waals surface area contributed by atoms with Crippen LogP contribution in [-0.4, -0.2) is 9.97 Å². The zero-order valence-corrected chi connectivity index (χ0v) is 9.88. The van der Waals surface area contributed by atoms with Crippen LogP contribution >= 0.6 is 0 Å². The van der Waals surface area contributed by atoms with E-state index in [2.05, 4.69) is 28.2 Å². The fourth-order valence-corrected chi connectivity index (χ4v) is 2.14. The molecule has 0 radical (unpaired) electrons. The van der Waals surface area contributed by atoms with Crippen molar-refractivity contribution in [2.75, 3.05) is 5.73 Å². The van der Waals surface area contributed by atoms with Crippen LogP contribution in [0.1, 0.15) is 11.1 Å². The first-order valence-electron chi connectivity index (χ1n) is 5.85. The number of nitrogen functional groups attached to an aromatic ring is 1. The Bertz CT molecular complexity index is 687. The highest BCUT2D eigenvalue weighted by Gasteiger charge is 2.04. The third-order valence-electron chi connectivity index (χ3n) is 3.08. The Labute approximate surface area is 105 Å². The second-order valence-corrected chi connectivity index (χ2v) is 4.24. The molecular weight excluding hydrogens is 222 g/mol. The lowest BCUT2D eigenvalue weighted by atomic mass is 10.0. The van der Waals surface area contributed by atoms with Crippen molar-refractivity contribution in [1.82, 2.24) is 9.97 Å². The van der Waals surface area contributed by atoms with E-state index >= 15 is 0 Å². The van der Waals surface area contributed by atoms with Gasteiger partial charge in [0.15, 0.2) is 0 Å². The molecule has 0 fully saturated rings. The quantitative estimate of drug-likeness (QED) is 0.743. The van der Waals surface area contributed by atoms with Gasteiger partial charge in [-0.2, -0.15) is 0 Å². The van der Waals surface area contributed by atoms with E-state index < -0.39 is 0 Å². The van der Waals surface area contributed by atoms with Crippen molar-refractivity contribution in [2.24, 2.45) is 0 Å². The van der Waals surface area contributed by atoms with Gasteiger partial charge in [0.1, 0.15) is 5.82 Å². The molecule has 0 aliphatic carbocycles. The van der Waals surface area contributed by atoms with Crippen molar-refractivity contribution in [3.05, 3.63) is 66.1 Å². The maximum absolute atomic E-state index is 5.89. The Kier molecular flexibility index (Phi) is 2.65. The van der Waals surface area contributed by atoms with Gasteiger partial charge < -0.3 is 5.73 Å². The van der Waals surface area contributed by atoms with E-state index in [1.54, 1.807) is 6.20 Å². The van der Waals surface area contributed by atoms with Crippen LogP contribution in [0.4, 0.5) is 5.82 Å². The van der Waals surface area contributed by atoms with E-state index in [4.69, 9.17) is 5.73 Å². The Balaban J connectivity index is 2.08. The van der Waals surface area contributed by atoms with Crippen LogP contribution in [0.25, 0.3) is 10.8 Å². The van der Waals surface area contributed by atoms with Crippen LogP contribution in [-0.2, 0) is 6.42 Å². The molecule has 3 aromatic rings. The van der Waals surface area contributed by atoms with Gasteiger partial charge in [-0.25, -0.2) is 4.98 Å². The van der Waals surface area contributed by atoms with E-state index in [-0.39, 0.29) is 0 Å². The Morgan fingerprint density at radius 3 is 2.72 bits per heavy atom. The summed E-state index contributed by atoms with van der Waals surface area (Å²) in [5, 5.41) is 2.37. The zero-order chi connectivity index (χ0) is 12.4. The maximum atomic E-state index is 5.89. The Morgan fingerprint density at radius 2 is 1.83 bits per heavy atom. The molecule has 88 valence electrons. The number of benzene rings is 1. The van der Waals surface area contributed by atoms with Gasteiger partial charge in [-0.15, -0.1) is 0 Å². The minimum absolute atomic E-state index is 0.596. The predicted molar refractivity (Wildman–Crippen MR) is 73.2 cm³/mol. The lowest BCUT2D eigenvalue weighted by Crippen LogP contribution is -1.98. The summed E-state index contributed by atoms with van der Waals surface area (Å²) in [6, 6.07) is 12.2. The van der Waals surface area contributed by atoms with E-state index in [0.717, 1.165) is 12.0 Å². The Hall–Kier alpha value is -2.42. The number of anilines is 1. The normalized spacial score (nSPS) is 10.7. The number of pyridine rings is 2. The molecule has 3 heteroatoms. The minimum atomic E-state index is 0.596. The number of nitrogens with two attached hydrogens (primary N) is 1. The van der Waals surface area contributed by atoms with Gasteiger partial charge in [-0.05, 0) is 28.6 Å². The highest BCUT2D eigenvalue weighted by Crippen LogP contribution is 2.21. The summed E-state index contributed by atoms with van der Waals surface area (Å²) in [5.41, 5.74) is 8.16. The van der Waals surface area contributed by atoms with Crippen LogP contribution in [0.15, 0.2) is 55.0 Å². The molecule has 2 N–H and O–H groups in total. The molecule has 0 saturated heterocycles. The number of fused-ring (bicyclic) bond motifs is 1. The van der Waals surface area contributed by atoms with Crippen LogP contribution in [0.5, 0.6) is 0 Å². The molecule has 2 heterocycles. The first-order chi connectivity index (χ1) is 8.84. The molecule has 0 amide bonds. The highest BCUT2D eigenvalue weighted by molar-refractivity contribution is 5.85. The van der Waals surface area contributed by atoms with E-state index in [0.29, 0.717) is 5.82 Å². The van der Waals surface area contributed by atoms with Crippen LogP contribution in [0, 0.1) is 0 Å². The smallest absolute Gasteiger partial charge is 0.126 e. The summed E-state index contributed by atoms with van der Waals surface area (Å²) in [7, 11) is 0. The number of hydrogen-bond donors (Lipinski definition) is 1. The van der Waals surface area contributed by atoms with Gasteiger partial charge in [0, 0.05) is 30.4 Å². The second-order valence-electron chi connectivity index (χ2n) is 4.24. The lowest BCUT2D eigenvalue weighted by molar-refractivity contribution is 1.16. The predicted octanol–water partition coefficient (Wildman–Crippen LogP) is 2.80. The molecular formula is C15H13N3. The molecule has 0 aliphatic heterocycles. The molecule has 3 nitrogen and oxygen atoms in total. The fourth-order valence-electron chi connectivity index (χ4n) is 2.14. The van der Waals surface area contributed by atoms with Crippen LogP contribution in [0.3, 0.4) is 0 Å². The van der Waals surface area contributed by atoms with E-state index in [1.807, 2.05) is 30.6 Å². The van der Waals surface area contributed by atoms with Crippen molar-refractivity contribution < 1.29 is 0 Å². The molecule has 0 spiro atoms. The number of rotatable bonds is 2. The molecule has 0 bridgehead atoms. The van der Waals surface area contributed by atoms with E-state index in [1.165, 1.54) is 16.3 Å².